The van der Waals surface area contributed by atoms with E-state index in [4.69, 9.17) is 4.98 Å². The summed E-state index contributed by atoms with van der Waals surface area (Å²) >= 11 is 3.39. The molecule has 0 bridgehead atoms. The summed E-state index contributed by atoms with van der Waals surface area (Å²) in [4.78, 5) is 22.6. The molecule has 1 fully saturated rings. The molecule has 0 unspecified atom stereocenters. The number of aromatic nitrogens is 1. The molecule has 134 valence electrons. The predicted octanol–water partition coefficient (Wildman–Crippen LogP) is 3.97. The summed E-state index contributed by atoms with van der Waals surface area (Å²) in [5, 5.41) is 5.27. The van der Waals surface area contributed by atoms with Gasteiger partial charge in [0, 0.05) is 37.1 Å². The van der Waals surface area contributed by atoms with E-state index in [2.05, 4.69) is 21.7 Å². The summed E-state index contributed by atoms with van der Waals surface area (Å²) in [5.74, 6) is -0.351. The normalized spacial score (nSPS) is 15.3. The van der Waals surface area contributed by atoms with Crippen molar-refractivity contribution in [2.75, 3.05) is 26.2 Å². The maximum atomic E-state index is 13.0. The number of thiazole rings is 1. The fourth-order valence-electron chi connectivity index (χ4n) is 3.00. The lowest BCUT2D eigenvalue weighted by molar-refractivity contribution is 0.0628. The second kappa shape index (κ2) is 7.65. The first kappa shape index (κ1) is 17.3. The summed E-state index contributed by atoms with van der Waals surface area (Å²) in [6.07, 6.45) is 0. The second-order valence-electron chi connectivity index (χ2n) is 6.18. The number of thiophene rings is 1. The van der Waals surface area contributed by atoms with Gasteiger partial charge in [0.1, 0.15) is 10.8 Å². The fourth-order valence-corrected chi connectivity index (χ4v) is 4.59. The number of nitrogens with zero attached hydrogens (tertiary/aromatic N) is 3. The molecule has 3 heterocycles. The van der Waals surface area contributed by atoms with Gasteiger partial charge in [0.25, 0.3) is 5.91 Å². The third kappa shape index (κ3) is 3.85. The number of carbonyl (C=O) groups excluding carboxylic acids is 1. The molecule has 0 N–H and O–H groups in total. The minimum Gasteiger partial charge on any atom is -0.336 e. The van der Waals surface area contributed by atoms with Gasteiger partial charge < -0.3 is 4.90 Å². The van der Waals surface area contributed by atoms with Crippen molar-refractivity contribution < 1.29 is 9.18 Å². The predicted molar refractivity (Wildman–Crippen MR) is 103 cm³/mol. The van der Waals surface area contributed by atoms with Crippen LogP contribution in [0.25, 0.3) is 10.6 Å². The van der Waals surface area contributed by atoms with Crippen LogP contribution in [0.1, 0.15) is 15.4 Å². The van der Waals surface area contributed by atoms with E-state index in [1.54, 1.807) is 34.8 Å². The molecular weight excluding hydrogens is 369 g/mol. The topological polar surface area (TPSA) is 36.4 Å². The van der Waals surface area contributed by atoms with Gasteiger partial charge in [0.15, 0.2) is 0 Å². The number of rotatable bonds is 4. The van der Waals surface area contributed by atoms with Crippen molar-refractivity contribution in [3.8, 4) is 10.6 Å². The molecule has 0 radical (unpaired) electrons. The first-order valence-corrected chi connectivity index (χ1v) is 10.2. The van der Waals surface area contributed by atoms with Gasteiger partial charge in [-0.1, -0.05) is 6.07 Å². The first-order valence-electron chi connectivity index (χ1n) is 8.44. The summed E-state index contributed by atoms with van der Waals surface area (Å²) in [7, 11) is 0. The Hall–Kier alpha value is -2.09. The Bertz CT molecular complexity index is 869. The number of carbonyl (C=O) groups is 1. The number of hydrogen-bond donors (Lipinski definition) is 0. The zero-order valence-corrected chi connectivity index (χ0v) is 15.7. The Morgan fingerprint density at radius 2 is 1.85 bits per heavy atom. The third-order valence-electron chi connectivity index (χ3n) is 4.43. The van der Waals surface area contributed by atoms with Gasteiger partial charge in [0.05, 0.1) is 17.1 Å². The summed E-state index contributed by atoms with van der Waals surface area (Å²) in [6.45, 7) is 3.81. The average molecular weight is 388 g/mol. The van der Waals surface area contributed by atoms with E-state index in [0.29, 0.717) is 18.7 Å². The molecule has 4 rings (SSSR count). The molecule has 26 heavy (non-hydrogen) atoms. The number of benzene rings is 1. The van der Waals surface area contributed by atoms with Crippen LogP contribution in [0.4, 0.5) is 4.39 Å². The van der Waals surface area contributed by atoms with E-state index in [-0.39, 0.29) is 11.7 Å². The number of halogens is 1. The quantitative estimate of drug-likeness (QED) is 0.680. The number of piperazine rings is 1. The molecule has 0 aliphatic carbocycles. The van der Waals surface area contributed by atoms with Gasteiger partial charge in [0.2, 0.25) is 0 Å². The molecule has 1 saturated heterocycles. The molecule has 1 aromatic carbocycles. The van der Waals surface area contributed by atoms with E-state index >= 15 is 0 Å². The minimum atomic E-state index is -0.322. The highest BCUT2D eigenvalue weighted by molar-refractivity contribution is 7.14. The van der Waals surface area contributed by atoms with Crippen LogP contribution in [0.15, 0.2) is 47.2 Å². The van der Waals surface area contributed by atoms with Crippen LogP contribution in [0.5, 0.6) is 0 Å². The molecule has 0 spiro atoms. The molecular formula is C19H18FN3OS2. The van der Waals surface area contributed by atoms with Crippen LogP contribution < -0.4 is 0 Å². The first-order chi connectivity index (χ1) is 12.7. The molecule has 3 aromatic rings. The molecule has 1 aliphatic heterocycles. The summed E-state index contributed by atoms with van der Waals surface area (Å²) in [5.41, 5.74) is 1.59. The Morgan fingerprint density at radius 3 is 2.54 bits per heavy atom. The SMILES string of the molecule is O=C(c1ccc(F)cc1)N1CCN(Cc2nc(-c3cccs3)cs2)CC1. The smallest absolute Gasteiger partial charge is 0.253 e. The lowest BCUT2D eigenvalue weighted by Crippen LogP contribution is -2.48. The van der Waals surface area contributed by atoms with Crippen molar-refractivity contribution >= 4 is 28.6 Å². The Kier molecular flexibility index (Phi) is 5.10. The van der Waals surface area contributed by atoms with Gasteiger partial charge in [-0.15, -0.1) is 22.7 Å². The van der Waals surface area contributed by atoms with Crippen LogP contribution in [0.2, 0.25) is 0 Å². The monoisotopic (exact) mass is 387 g/mol. The van der Waals surface area contributed by atoms with Gasteiger partial charge in [-0.05, 0) is 35.7 Å². The molecule has 0 atom stereocenters. The molecule has 1 aliphatic rings. The molecule has 2 aromatic heterocycles. The van der Waals surface area contributed by atoms with Crippen molar-refractivity contribution in [3.05, 3.63) is 63.5 Å². The van der Waals surface area contributed by atoms with E-state index < -0.39 is 0 Å². The highest BCUT2D eigenvalue weighted by Gasteiger charge is 2.22. The standard InChI is InChI=1S/C19H18FN3OS2/c20-15-5-3-14(4-6-15)19(24)23-9-7-22(8-10-23)12-18-21-16(13-26-18)17-2-1-11-25-17/h1-6,11,13H,7-10,12H2. The fraction of sp³-hybridized carbons (Fsp3) is 0.263. The highest BCUT2D eigenvalue weighted by atomic mass is 32.1. The zero-order valence-electron chi connectivity index (χ0n) is 14.1. The van der Waals surface area contributed by atoms with E-state index in [1.165, 1.54) is 17.0 Å². The molecule has 7 heteroatoms. The van der Waals surface area contributed by atoms with Crippen molar-refractivity contribution in [2.45, 2.75) is 6.54 Å². The lowest BCUT2D eigenvalue weighted by atomic mass is 10.2. The number of amides is 1. The molecule has 0 saturated carbocycles. The minimum absolute atomic E-state index is 0.0288. The van der Waals surface area contributed by atoms with Crippen molar-refractivity contribution in [3.63, 3.8) is 0 Å². The third-order valence-corrected chi connectivity index (χ3v) is 6.16. The van der Waals surface area contributed by atoms with Crippen molar-refractivity contribution in [1.29, 1.82) is 0 Å². The van der Waals surface area contributed by atoms with Gasteiger partial charge in [-0.25, -0.2) is 9.37 Å². The molecule has 1 amide bonds. The lowest BCUT2D eigenvalue weighted by Gasteiger charge is -2.34. The Balaban J connectivity index is 1.32. The van der Waals surface area contributed by atoms with Gasteiger partial charge in [-0.3, -0.25) is 9.69 Å². The van der Waals surface area contributed by atoms with Crippen molar-refractivity contribution in [1.82, 2.24) is 14.8 Å². The van der Waals surface area contributed by atoms with Crippen LogP contribution in [0.3, 0.4) is 0 Å². The van der Waals surface area contributed by atoms with E-state index in [9.17, 15) is 9.18 Å². The highest BCUT2D eigenvalue weighted by Crippen LogP contribution is 2.26. The largest absolute Gasteiger partial charge is 0.336 e. The maximum Gasteiger partial charge on any atom is 0.253 e. The summed E-state index contributed by atoms with van der Waals surface area (Å²) in [6, 6.07) is 9.88. The van der Waals surface area contributed by atoms with E-state index in [0.717, 1.165) is 30.3 Å². The second-order valence-corrected chi connectivity index (χ2v) is 8.07. The van der Waals surface area contributed by atoms with Crippen LogP contribution in [-0.2, 0) is 6.54 Å². The summed E-state index contributed by atoms with van der Waals surface area (Å²) < 4.78 is 13.0. The average Bonchev–Trinajstić information content (AvgIpc) is 3.34. The Morgan fingerprint density at radius 1 is 1.08 bits per heavy atom. The van der Waals surface area contributed by atoms with Crippen molar-refractivity contribution in [2.24, 2.45) is 0 Å². The maximum absolute atomic E-state index is 13.0. The van der Waals surface area contributed by atoms with Crippen LogP contribution in [-0.4, -0.2) is 46.9 Å². The number of hydrogen-bond acceptors (Lipinski definition) is 5. The van der Waals surface area contributed by atoms with Gasteiger partial charge in [-0.2, -0.15) is 0 Å². The Labute approximate surface area is 159 Å². The zero-order chi connectivity index (χ0) is 17.9. The van der Waals surface area contributed by atoms with Crippen LogP contribution in [0, 0.1) is 5.82 Å². The molecule has 4 nitrogen and oxygen atoms in total. The van der Waals surface area contributed by atoms with E-state index in [1.807, 2.05) is 11.0 Å². The van der Waals surface area contributed by atoms with Gasteiger partial charge >= 0.3 is 0 Å². The van der Waals surface area contributed by atoms with Crippen LogP contribution >= 0.6 is 22.7 Å².